The van der Waals surface area contributed by atoms with Crippen LogP contribution in [0.5, 0.6) is 0 Å². The molecule has 0 atom stereocenters. The lowest BCUT2D eigenvalue weighted by Gasteiger charge is -2.02. The SMILES string of the molecule is N#Cc1ccc(CCc2cncc(N)c2)cc1. The fourth-order valence-corrected chi connectivity index (χ4v) is 1.68. The Hall–Kier alpha value is -2.34. The number of anilines is 1. The molecule has 2 N–H and O–H groups in total. The lowest BCUT2D eigenvalue weighted by Crippen LogP contribution is -1.94. The van der Waals surface area contributed by atoms with Crippen molar-refractivity contribution in [1.82, 2.24) is 4.98 Å². The summed E-state index contributed by atoms with van der Waals surface area (Å²) in [6, 6.07) is 11.7. The van der Waals surface area contributed by atoms with E-state index < -0.39 is 0 Å². The fraction of sp³-hybridized carbons (Fsp3) is 0.143. The third-order valence-corrected chi connectivity index (χ3v) is 2.60. The first-order valence-electron chi connectivity index (χ1n) is 5.46. The number of aryl methyl sites for hydroxylation is 2. The Kier molecular flexibility index (Phi) is 3.37. The van der Waals surface area contributed by atoms with Gasteiger partial charge in [0, 0.05) is 12.4 Å². The third kappa shape index (κ3) is 3.05. The summed E-state index contributed by atoms with van der Waals surface area (Å²) in [5, 5.41) is 8.69. The number of aromatic nitrogens is 1. The van der Waals surface area contributed by atoms with Crippen molar-refractivity contribution in [3.63, 3.8) is 0 Å². The molecule has 3 heteroatoms. The minimum absolute atomic E-state index is 0.694. The Morgan fingerprint density at radius 3 is 2.41 bits per heavy atom. The van der Waals surface area contributed by atoms with E-state index in [0.29, 0.717) is 11.3 Å². The number of nitrogens with zero attached hydrogens (tertiary/aromatic N) is 2. The molecule has 0 radical (unpaired) electrons. The maximum absolute atomic E-state index is 8.69. The highest BCUT2D eigenvalue weighted by molar-refractivity contribution is 5.37. The predicted molar refractivity (Wildman–Crippen MR) is 67.2 cm³/mol. The first-order chi connectivity index (χ1) is 8.28. The predicted octanol–water partition coefficient (Wildman–Crippen LogP) is 2.32. The molecule has 0 spiro atoms. The molecule has 0 aliphatic rings. The molecule has 0 bridgehead atoms. The molecule has 1 heterocycles. The molecule has 0 saturated heterocycles. The van der Waals surface area contributed by atoms with Gasteiger partial charge in [0.15, 0.2) is 0 Å². The smallest absolute Gasteiger partial charge is 0.0991 e. The van der Waals surface area contributed by atoms with Crippen LogP contribution >= 0.6 is 0 Å². The van der Waals surface area contributed by atoms with Crippen LogP contribution in [-0.4, -0.2) is 4.98 Å². The first kappa shape index (κ1) is 11.2. The zero-order valence-corrected chi connectivity index (χ0v) is 9.43. The van der Waals surface area contributed by atoms with E-state index in [0.717, 1.165) is 18.4 Å². The minimum Gasteiger partial charge on any atom is -0.397 e. The largest absolute Gasteiger partial charge is 0.397 e. The molecule has 0 aliphatic carbocycles. The van der Waals surface area contributed by atoms with Crippen molar-refractivity contribution >= 4 is 5.69 Å². The Labute approximate surface area is 101 Å². The molecule has 3 nitrogen and oxygen atoms in total. The van der Waals surface area contributed by atoms with Crippen LogP contribution in [0, 0.1) is 11.3 Å². The van der Waals surface area contributed by atoms with Gasteiger partial charge in [-0.1, -0.05) is 12.1 Å². The average Bonchev–Trinajstić information content (AvgIpc) is 2.37. The van der Waals surface area contributed by atoms with Gasteiger partial charge < -0.3 is 5.73 Å². The monoisotopic (exact) mass is 223 g/mol. The maximum atomic E-state index is 8.69. The summed E-state index contributed by atoms with van der Waals surface area (Å²) in [5.74, 6) is 0. The topological polar surface area (TPSA) is 62.7 Å². The highest BCUT2D eigenvalue weighted by Gasteiger charge is 1.97. The van der Waals surface area contributed by atoms with Crippen LogP contribution in [0.2, 0.25) is 0 Å². The van der Waals surface area contributed by atoms with E-state index in [9.17, 15) is 0 Å². The summed E-state index contributed by atoms with van der Waals surface area (Å²) < 4.78 is 0. The molecule has 84 valence electrons. The van der Waals surface area contributed by atoms with E-state index in [1.165, 1.54) is 5.56 Å². The zero-order chi connectivity index (χ0) is 12.1. The molecule has 1 aromatic heterocycles. The Morgan fingerprint density at radius 1 is 1.06 bits per heavy atom. The molecular weight excluding hydrogens is 210 g/mol. The van der Waals surface area contributed by atoms with Gasteiger partial charge in [-0.2, -0.15) is 5.26 Å². The number of pyridine rings is 1. The Morgan fingerprint density at radius 2 is 1.76 bits per heavy atom. The number of nitrogen functional groups attached to an aromatic ring is 1. The summed E-state index contributed by atoms with van der Waals surface area (Å²) in [5.41, 5.74) is 9.41. The van der Waals surface area contributed by atoms with Crippen LogP contribution in [0.25, 0.3) is 0 Å². The number of hydrogen-bond donors (Lipinski definition) is 1. The first-order valence-corrected chi connectivity index (χ1v) is 5.46. The second-order valence-corrected chi connectivity index (χ2v) is 3.94. The summed E-state index contributed by atoms with van der Waals surface area (Å²) >= 11 is 0. The van der Waals surface area contributed by atoms with Crippen molar-refractivity contribution in [3.05, 3.63) is 59.4 Å². The number of rotatable bonds is 3. The second-order valence-electron chi connectivity index (χ2n) is 3.94. The van der Waals surface area contributed by atoms with Crippen LogP contribution in [0.4, 0.5) is 5.69 Å². The van der Waals surface area contributed by atoms with E-state index in [4.69, 9.17) is 11.0 Å². The number of benzene rings is 1. The van der Waals surface area contributed by atoms with Gasteiger partial charge in [0.25, 0.3) is 0 Å². The van der Waals surface area contributed by atoms with E-state index >= 15 is 0 Å². The van der Waals surface area contributed by atoms with E-state index in [-0.39, 0.29) is 0 Å². The molecule has 0 amide bonds. The summed E-state index contributed by atoms with van der Waals surface area (Å²) in [6.07, 6.45) is 5.31. The summed E-state index contributed by atoms with van der Waals surface area (Å²) in [6.45, 7) is 0. The second kappa shape index (κ2) is 5.13. The van der Waals surface area contributed by atoms with E-state index in [1.54, 1.807) is 6.20 Å². The van der Waals surface area contributed by atoms with Crippen LogP contribution in [0.1, 0.15) is 16.7 Å². The fourth-order valence-electron chi connectivity index (χ4n) is 1.68. The van der Waals surface area contributed by atoms with Gasteiger partial charge in [0.05, 0.1) is 17.3 Å². The molecule has 0 aliphatic heterocycles. The molecule has 1 aromatic carbocycles. The highest BCUT2D eigenvalue weighted by atomic mass is 14.7. The van der Waals surface area contributed by atoms with E-state index in [1.807, 2.05) is 36.5 Å². The summed E-state index contributed by atoms with van der Waals surface area (Å²) in [7, 11) is 0. The molecule has 0 fully saturated rings. The van der Waals surface area contributed by atoms with Crippen LogP contribution in [-0.2, 0) is 12.8 Å². The van der Waals surface area contributed by atoms with Crippen molar-refractivity contribution in [2.24, 2.45) is 0 Å². The van der Waals surface area contributed by atoms with Crippen molar-refractivity contribution in [3.8, 4) is 6.07 Å². The molecule has 17 heavy (non-hydrogen) atoms. The quantitative estimate of drug-likeness (QED) is 0.868. The van der Waals surface area contributed by atoms with Gasteiger partial charge in [-0.3, -0.25) is 4.98 Å². The van der Waals surface area contributed by atoms with Gasteiger partial charge >= 0.3 is 0 Å². The van der Waals surface area contributed by atoms with E-state index in [2.05, 4.69) is 11.1 Å². The van der Waals surface area contributed by atoms with Crippen molar-refractivity contribution < 1.29 is 0 Å². The van der Waals surface area contributed by atoms with Crippen LogP contribution in [0.3, 0.4) is 0 Å². The number of hydrogen-bond acceptors (Lipinski definition) is 3. The van der Waals surface area contributed by atoms with Gasteiger partial charge in [0.2, 0.25) is 0 Å². The number of nitriles is 1. The third-order valence-electron chi connectivity index (χ3n) is 2.60. The maximum Gasteiger partial charge on any atom is 0.0991 e. The molecular formula is C14H13N3. The number of nitrogens with two attached hydrogens (primary N) is 1. The Bertz CT molecular complexity index is 538. The lowest BCUT2D eigenvalue weighted by molar-refractivity contribution is 0.950. The minimum atomic E-state index is 0.694. The van der Waals surface area contributed by atoms with Crippen molar-refractivity contribution in [1.29, 1.82) is 5.26 Å². The average molecular weight is 223 g/mol. The van der Waals surface area contributed by atoms with Crippen LogP contribution in [0.15, 0.2) is 42.7 Å². The van der Waals surface area contributed by atoms with Crippen LogP contribution < -0.4 is 5.73 Å². The molecule has 2 rings (SSSR count). The Balaban J connectivity index is 2.00. The molecule has 0 saturated carbocycles. The zero-order valence-electron chi connectivity index (χ0n) is 9.43. The highest BCUT2D eigenvalue weighted by Crippen LogP contribution is 2.10. The van der Waals surface area contributed by atoms with Crippen molar-refractivity contribution in [2.75, 3.05) is 5.73 Å². The van der Waals surface area contributed by atoms with Gasteiger partial charge in [-0.25, -0.2) is 0 Å². The van der Waals surface area contributed by atoms with Crippen molar-refractivity contribution in [2.45, 2.75) is 12.8 Å². The normalized spacial score (nSPS) is 9.82. The summed E-state index contributed by atoms with van der Waals surface area (Å²) in [4.78, 5) is 4.06. The molecule has 0 unspecified atom stereocenters. The van der Waals surface area contributed by atoms with Gasteiger partial charge in [-0.15, -0.1) is 0 Å². The van der Waals surface area contributed by atoms with Gasteiger partial charge in [-0.05, 0) is 42.2 Å². The molecule has 2 aromatic rings. The lowest BCUT2D eigenvalue weighted by atomic mass is 10.0. The standard InChI is InChI=1S/C14H13N3/c15-8-12-4-1-11(2-5-12)3-6-13-7-14(16)10-17-9-13/h1-2,4-5,7,9-10H,3,6,16H2. The van der Waals surface area contributed by atoms with Gasteiger partial charge in [0.1, 0.15) is 0 Å².